The maximum Gasteiger partial charge on any atom is 0.320 e. The minimum absolute atomic E-state index is 0.163. The van der Waals surface area contributed by atoms with Crippen LogP contribution >= 0.6 is 23.2 Å². The first-order valence-corrected chi connectivity index (χ1v) is 9.02. The number of ether oxygens (including phenoxy) is 1. The Balaban J connectivity index is 1.59. The Hall–Kier alpha value is -1.80. The Kier molecular flexibility index (Phi) is 6.03. The molecule has 0 atom stereocenters. The van der Waals surface area contributed by atoms with E-state index in [1.54, 1.807) is 29.1 Å². The molecule has 9 heteroatoms. The highest BCUT2D eigenvalue weighted by Crippen LogP contribution is 2.26. The number of nitrogens with zero attached hydrogens (tertiary/aromatic N) is 2. The Morgan fingerprint density at radius 2 is 2.08 bits per heavy atom. The number of urea groups is 1. The van der Waals surface area contributed by atoms with Crippen molar-refractivity contribution >= 4 is 35.1 Å². The van der Waals surface area contributed by atoms with Gasteiger partial charge in [0.15, 0.2) is 0 Å². The molecule has 0 saturated carbocycles. The summed E-state index contributed by atoms with van der Waals surface area (Å²) < 4.78 is 6.84. The largest absolute Gasteiger partial charge is 0.388 e. The minimum atomic E-state index is -0.926. The van der Waals surface area contributed by atoms with Gasteiger partial charge < -0.3 is 15.2 Å². The fourth-order valence-corrected chi connectivity index (χ4v) is 3.11. The van der Waals surface area contributed by atoms with E-state index in [9.17, 15) is 9.90 Å². The van der Waals surface area contributed by atoms with E-state index in [1.807, 2.05) is 6.07 Å². The van der Waals surface area contributed by atoms with E-state index in [0.717, 1.165) is 5.56 Å². The molecular formula is C17H20Cl2N4O3. The van der Waals surface area contributed by atoms with E-state index < -0.39 is 11.6 Å². The maximum absolute atomic E-state index is 12.2. The highest BCUT2D eigenvalue weighted by Gasteiger charge is 2.30. The van der Waals surface area contributed by atoms with Gasteiger partial charge in [0.25, 0.3) is 0 Å². The van der Waals surface area contributed by atoms with Gasteiger partial charge in [0, 0.05) is 38.7 Å². The Morgan fingerprint density at radius 1 is 1.31 bits per heavy atom. The summed E-state index contributed by atoms with van der Waals surface area (Å²) in [4.78, 5) is 12.2. The number of hydrogen-bond acceptors (Lipinski definition) is 4. The van der Waals surface area contributed by atoms with E-state index in [1.165, 1.54) is 0 Å². The molecule has 1 saturated heterocycles. The first-order valence-electron chi connectivity index (χ1n) is 8.26. The molecule has 1 aromatic carbocycles. The van der Waals surface area contributed by atoms with Gasteiger partial charge >= 0.3 is 6.03 Å². The van der Waals surface area contributed by atoms with Crippen molar-refractivity contribution in [2.45, 2.75) is 25.0 Å². The Morgan fingerprint density at radius 3 is 2.85 bits per heavy atom. The second-order valence-electron chi connectivity index (χ2n) is 6.23. The lowest BCUT2D eigenvalue weighted by molar-refractivity contribution is -0.0598. The summed E-state index contributed by atoms with van der Waals surface area (Å²) in [7, 11) is 0. The number of carbonyl (C=O) groups excluding carboxylic acids is 1. The molecule has 0 aliphatic carbocycles. The third-order valence-electron chi connectivity index (χ3n) is 4.31. The van der Waals surface area contributed by atoms with Crippen LogP contribution in [0.25, 0.3) is 0 Å². The number of nitrogens with one attached hydrogen (secondary N) is 2. The number of rotatable bonds is 5. The van der Waals surface area contributed by atoms with Gasteiger partial charge in [-0.1, -0.05) is 35.3 Å². The van der Waals surface area contributed by atoms with Crippen LogP contribution in [0.15, 0.2) is 30.5 Å². The number of anilines is 1. The lowest BCUT2D eigenvalue weighted by Gasteiger charge is -2.32. The van der Waals surface area contributed by atoms with Crippen molar-refractivity contribution in [2.75, 3.05) is 25.1 Å². The van der Waals surface area contributed by atoms with Crippen molar-refractivity contribution in [3.63, 3.8) is 0 Å². The van der Waals surface area contributed by atoms with Gasteiger partial charge in [0.1, 0.15) is 5.82 Å². The molecular weight excluding hydrogens is 379 g/mol. The summed E-state index contributed by atoms with van der Waals surface area (Å²) in [5, 5.41) is 20.9. The van der Waals surface area contributed by atoms with Crippen molar-refractivity contribution in [3.05, 3.63) is 46.1 Å². The van der Waals surface area contributed by atoms with E-state index in [-0.39, 0.29) is 6.54 Å². The van der Waals surface area contributed by atoms with Gasteiger partial charge in [-0.2, -0.15) is 5.10 Å². The van der Waals surface area contributed by atoms with E-state index >= 15 is 0 Å². The summed E-state index contributed by atoms with van der Waals surface area (Å²) >= 11 is 12.2. The Labute approximate surface area is 161 Å². The topological polar surface area (TPSA) is 88.4 Å². The van der Waals surface area contributed by atoms with E-state index in [2.05, 4.69) is 15.7 Å². The van der Waals surface area contributed by atoms with Gasteiger partial charge in [-0.3, -0.25) is 5.32 Å². The molecule has 1 aliphatic heterocycles. The fourth-order valence-electron chi connectivity index (χ4n) is 2.73. The third-order valence-corrected chi connectivity index (χ3v) is 5.17. The van der Waals surface area contributed by atoms with Crippen LogP contribution in [0.5, 0.6) is 0 Å². The molecule has 1 fully saturated rings. The van der Waals surface area contributed by atoms with Crippen LogP contribution in [-0.4, -0.2) is 46.3 Å². The van der Waals surface area contributed by atoms with E-state index in [4.69, 9.17) is 27.9 Å². The quantitative estimate of drug-likeness (QED) is 0.722. The molecule has 2 amide bonds. The Bertz CT molecular complexity index is 775. The monoisotopic (exact) mass is 398 g/mol. The van der Waals surface area contributed by atoms with Gasteiger partial charge in [-0.25, -0.2) is 9.48 Å². The number of aromatic nitrogens is 2. The molecule has 0 bridgehead atoms. The van der Waals surface area contributed by atoms with Crippen LogP contribution in [-0.2, 0) is 11.3 Å². The fraction of sp³-hybridized carbons (Fsp3) is 0.412. The van der Waals surface area contributed by atoms with Crippen molar-refractivity contribution in [1.29, 1.82) is 0 Å². The number of benzene rings is 1. The summed E-state index contributed by atoms with van der Waals surface area (Å²) in [6.07, 6.45) is 2.58. The molecule has 1 aromatic heterocycles. The SMILES string of the molecule is O=C(NCC1(O)CCOCC1)Nc1ccnn1Cc1cccc(Cl)c1Cl. The zero-order chi connectivity index (χ0) is 18.6. The molecule has 3 rings (SSSR count). The van der Waals surface area contributed by atoms with Crippen molar-refractivity contribution in [1.82, 2.24) is 15.1 Å². The summed E-state index contributed by atoms with van der Waals surface area (Å²) in [5.41, 5.74) is -0.132. The zero-order valence-corrected chi connectivity index (χ0v) is 15.6. The lowest BCUT2D eigenvalue weighted by Crippen LogP contribution is -2.47. The highest BCUT2D eigenvalue weighted by molar-refractivity contribution is 6.42. The predicted molar refractivity (Wildman–Crippen MR) is 99.8 cm³/mol. The second-order valence-corrected chi connectivity index (χ2v) is 7.02. The van der Waals surface area contributed by atoms with Gasteiger partial charge in [-0.05, 0) is 11.6 Å². The van der Waals surface area contributed by atoms with Gasteiger partial charge in [0.05, 0.1) is 28.4 Å². The molecule has 0 spiro atoms. The number of amides is 2. The van der Waals surface area contributed by atoms with Gasteiger partial charge in [0.2, 0.25) is 0 Å². The summed E-state index contributed by atoms with van der Waals surface area (Å²) in [6.45, 7) is 1.51. The average molecular weight is 399 g/mol. The molecule has 3 N–H and O–H groups in total. The summed E-state index contributed by atoms with van der Waals surface area (Å²) in [6, 6.07) is 6.64. The van der Waals surface area contributed by atoms with Crippen LogP contribution in [0, 0.1) is 0 Å². The van der Waals surface area contributed by atoms with Crippen molar-refractivity contribution in [2.24, 2.45) is 0 Å². The number of carbonyl (C=O) groups is 1. The van der Waals surface area contributed by atoms with Crippen LogP contribution in [0.1, 0.15) is 18.4 Å². The van der Waals surface area contributed by atoms with Crippen LogP contribution in [0.3, 0.4) is 0 Å². The normalized spacial score (nSPS) is 16.3. The standard InChI is InChI=1S/C17H20Cl2N4O3/c18-13-3-1-2-12(15(13)19)10-23-14(4-7-21-23)22-16(24)20-11-17(25)5-8-26-9-6-17/h1-4,7,25H,5-6,8-11H2,(H2,20,22,24). The van der Waals surface area contributed by atoms with Gasteiger partial charge in [-0.15, -0.1) is 0 Å². The van der Waals surface area contributed by atoms with Crippen molar-refractivity contribution in [3.8, 4) is 0 Å². The lowest BCUT2D eigenvalue weighted by atomic mass is 9.94. The average Bonchev–Trinajstić information content (AvgIpc) is 3.05. The summed E-state index contributed by atoms with van der Waals surface area (Å²) in [5.74, 6) is 0.512. The zero-order valence-electron chi connectivity index (χ0n) is 14.0. The molecule has 1 aliphatic rings. The number of aliphatic hydroxyl groups is 1. The first kappa shape index (κ1) is 19.0. The predicted octanol–water partition coefficient (Wildman–Crippen LogP) is 2.90. The number of halogens is 2. The molecule has 2 aromatic rings. The minimum Gasteiger partial charge on any atom is -0.388 e. The molecule has 7 nitrogen and oxygen atoms in total. The van der Waals surface area contributed by atoms with Crippen LogP contribution in [0.4, 0.5) is 10.6 Å². The van der Waals surface area contributed by atoms with Crippen LogP contribution in [0.2, 0.25) is 10.0 Å². The van der Waals surface area contributed by atoms with Crippen LogP contribution < -0.4 is 10.6 Å². The third kappa shape index (κ3) is 4.67. The molecule has 140 valence electrons. The highest BCUT2D eigenvalue weighted by atomic mass is 35.5. The van der Waals surface area contributed by atoms with E-state index in [0.29, 0.717) is 48.5 Å². The molecule has 0 unspecified atom stereocenters. The molecule has 26 heavy (non-hydrogen) atoms. The number of hydrogen-bond donors (Lipinski definition) is 3. The van der Waals surface area contributed by atoms with Crippen molar-refractivity contribution < 1.29 is 14.6 Å². The molecule has 2 heterocycles. The maximum atomic E-state index is 12.2. The second kappa shape index (κ2) is 8.26. The smallest absolute Gasteiger partial charge is 0.320 e. The first-order chi connectivity index (χ1) is 12.5. The molecule has 0 radical (unpaired) electrons.